The molecule has 0 spiro atoms. The summed E-state index contributed by atoms with van der Waals surface area (Å²) in [7, 11) is 0. The second-order valence-electron chi connectivity index (χ2n) is 14.9. The van der Waals surface area contributed by atoms with E-state index in [1.54, 1.807) is 24.3 Å². The van der Waals surface area contributed by atoms with Gasteiger partial charge in [-0.3, -0.25) is 23.6 Å². The van der Waals surface area contributed by atoms with Crippen LogP contribution in [0.5, 0.6) is 0 Å². The van der Waals surface area contributed by atoms with Crippen LogP contribution in [0.2, 0.25) is 5.02 Å². The third kappa shape index (κ3) is 7.42. The van der Waals surface area contributed by atoms with E-state index in [1.165, 1.54) is 24.4 Å². The zero-order chi connectivity index (χ0) is 39.4. The van der Waals surface area contributed by atoms with Crippen molar-refractivity contribution in [2.75, 3.05) is 6.61 Å². The third-order valence-electron chi connectivity index (χ3n) is 9.78. The SMILES string of the molecule is CC(C)(C)C[C@]1(c2ccc(-c3cn(C(F)F)cn3)cc2)N=C(N)N([C@H](COC(=O)CC2(C(C)(F)F)CC2)c2ccc(Cl)c(-c3nncn3C(F)F)c2)C1=O. The molecule has 0 unspecified atom stereocenters. The lowest BCUT2D eigenvalue weighted by Gasteiger charge is -2.35. The maximum atomic E-state index is 14.9. The average Bonchev–Trinajstić information content (AvgIpc) is 3.40. The fraction of sp³-hybridized carbons (Fsp3) is 0.444. The highest BCUT2D eigenvalue weighted by Gasteiger charge is 2.60. The van der Waals surface area contributed by atoms with Gasteiger partial charge in [-0.1, -0.05) is 62.7 Å². The Morgan fingerprint density at radius 3 is 2.28 bits per heavy atom. The molecule has 2 aromatic carbocycles. The summed E-state index contributed by atoms with van der Waals surface area (Å²) in [6.07, 6.45) is 2.83. The Bertz CT molecular complexity index is 2070. The number of carbonyl (C=O) groups is 2. The molecule has 6 rings (SSSR count). The van der Waals surface area contributed by atoms with Crippen molar-refractivity contribution in [1.82, 2.24) is 29.2 Å². The van der Waals surface area contributed by atoms with Gasteiger partial charge in [0.1, 0.15) is 12.9 Å². The van der Waals surface area contributed by atoms with Crippen molar-refractivity contribution in [3.63, 3.8) is 0 Å². The van der Waals surface area contributed by atoms with Crippen LogP contribution in [-0.2, 0) is 19.9 Å². The van der Waals surface area contributed by atoms with E-state index < -0.39 is 66.3 Å². The van der Waals surface area contributed by atoms with Gasteiger partial charge >= 0.3 is 19.1 Å². The zero-order valence-electron chi connectivity index (χ0n) is 29.6. The monoisotopic (exact) mass is 778 g/mol. The number of esters is 1. The van der Waals surface area contributed by atoms with Gasteiger partial charge in [-0.05, 0) is 54.9 Å². The molecule has 11 nitrogen and oxygen atoms in total. The first kappa shape index (κ1) is 38.8. The predicted octanol–water partition coefficient (Wildman–Crippen LogP) is 8.15. The summed E-state index contributed by atoms with van der Waals surface area (Å²) >= 11 is 6.45. The topological polar surface area (TPSA) is 134 Å². The number of hydrogen-bond donors (Lipinski definition) is 1. The van der Waals surface area contributed by atoms with Crippen molar-refractivity contribution in [3.05, 3.63) is 77.5 Å². The van der Waals surface area contributed by atoms with Crippen molar-refractivity contribution in [3.8, 4) is 22.6 Å². The zero-order valence-corrected chi connectivity index (χ0v) is 30.4. The number of ether oxygens (including phenoxy) is 1. The quantitative estimate of drug-likeness (QED) is 0.107. The lowest BCUT2D eigenvalue weighted by atomic mass is 9.75. The minimum Gasteiger partial charge on any atom is -0.463 e. The molecule has 54 heavy (non-hydrogen) atoms. The highest BCUT2D eigenvalue weighted by Crippen LogP contribution is 2.59. The van der Waals surface area contributed by atoms with Crippen molar-refractivity contribution in [2.24, 2.45) is 21.6 Å². The minimum atomic E-state index is -3.13. The van der Waals surface area contributed by atoms with Crippen LogP contribution in [0.1, 0.15) is 83.6 Å². The Morgan fingerprint density at radius 2 is 1.70 bits per heavy atom. The number of aromatic nitrogens is 5. The summed E-state index contributed by atoms with van der Waals surface area (Å²) in [6.45, 7) is 0.0426. The van der Waals surface area contributed by atoms with E-state index in [0.717, 1.165) is 24.5 Å². The van der Waals surface area contributed by atoms with Crippen LogP contribution in [0.3, 0.4) is 0 Å². The van der Waals surface area contributed by atoms with E-state index in [9.17, 15) is 35.9 Å². The maximum Gasteiger partial charge on any atom is 0.321 e. The molecule has 288 valence electrons. The van der Waals surface area contributed by atoms with E-state index in [4.69, 9.17) is 27.1 Å². The van der Waals surface area contributed by atoms with Crippen LogP contribution in [0.4, 0.5) is 26.3 Å². The van der Waals surface area contributed by atoms with Crippen LogP contribution in [0.15, 0.2) is 66.3 Å². The average molecular weight is 779 g/mol. The molecule has 1 aliphatic carbocycles. The second-order valence-corrected chi connectivity index (χ2v) is 15.3. The number of guanidine groups is 1. The summed E-state index contributed by atoms with van der Waals surface area (Å²) in [4.78, 5) is 38.0. The fourth-order valence-electron chi connectivity index (χ4n) is 6.82. The number of imidazole rings is 1. The van der Waals surface area contributed by atoms with E-state index in [-0.39, 0.29) is 52.9 Å². The van der Waals surface area contributed by atoms with Crippen molar-refractivity contribution in [2.45, 2.75) is 84.0 Å². The van der Waals surface area contributed by atoms with E-state index >= 15 is 0 Å². The first-order chi connectivity index (χ1) is 25.2. The molecule has 2 aliphatic rings. The van der Waals surface area contributed by atoms with Crippen LogP contribution >= 0.6 is 11.6 Å². The number of carbonyl (C=O) groups excluding carboxylic acids is 2. The number of nitrogens with zero attached hydrogens (tertiary/aromatic N) is 7. The van der Waals surface area contributed by atoms with Crippen molar-refractivity contribution in [1.29, 1.82) is 0 Å². The van der Waals surface area contributed by atoms with Gasteiger partial charge in [0.25, 0.3) is 11.8 Å². The van der Waals surface area contributed by atoms with Gasteiger partial charge in [0.05, 0.1) is 29.5 Å². The highest BCUT2D eigenvalue weighted by atomic mass is 35.5. The van der Waals surface area contributed by atoms with Crippen LogP contribution in [-0.4, -0.2) is 59.6 Å². The number of halogens is 7. The van der Waals surface area contributed by atoms with Gasteiger partial charge in [-0.25, -0.2) is 18.8 Å². The fourth-order valence-corrected chi connectivity index (χ4v) is 7.03. The Morgan fingerprint density at radius 1 is 1.02 bits per heavy atom. The van der Waals surface area contributed by atoms with Crippen molar-refractivity contribution >= 4 is 29.4 Å². The molecule has 1 aliphatic heterocycles. The summed E-state index contributed by atoms with van der Waals surface area (Å²) in [5.74, 6) is -5.25. The summed E-state index contributed by atoms with van der Waals surface area (Å²) < 4.78 is 89.6. The summed E-state index contributed by atoms with van der Waals surface area (Å²) in [6, 6.07) is 9.45. The van der Waals surface area contributed by atoms with Crippen LogP contribution < -0.4 is 5.73 Å². The molecule has 18 heteroatoms. The molecule has 1 amide bonds. The number of nitrogens with two attached hydrogens (primary N) is 1. The molecular formula is C36H37ClF6N8O3. The Kier molecular flexibility index (Phi) is 10.1. The normalized spacial score (nSPS) is 19.1. The lowest BCUT2D eigenvalue weighted by molar-refractivity contribution is -0.153. The summed E-state index contributed by atoms with van der Waals surface area (Å²) in [5, 5.41) is 7.40. The lowest BCUT2D eigenvalue weighted by Crippen LogP contribution is -2.47. The number of alkyl halides is 6. The van der Waals surface area contributed by atoms with E-state index in [0.29, 0.717) is 20.3 Å². The number of aliphatic imine (C=N–C) groups is 1. The standard InChI is InChI=1S/C36H37ClF6N8O3/c1-33(2,3)17-36(22-8-5-20(6-9-22)25-15-49(18-45-25)30(38)39)29(53)51(32(44)47-36)26(16-54-27(52)14-35(11-12-35)34(4,42)43)21-7-10-24(37)23(13-21)28-48-46-19-50(28)31(40)41/h5-10,13,15,18-19,26,30-31H,11-12,14,16-17H2,1-4H3,(H2,44,47)/t26-,36-/m1/s1. The molecule has 0 saturated heterocycles. The molecule has 2 aromatic heterocycles. The third-order valence-corrected chi connectivity index (χ3v) is 10.1. The van der Waals surface area contributed by atoms with Crippen molar-refractivity contribution < 1.29 is 40.7 Å². The number of hydrogen-bond acceptors (Lipinski definition) is 8. The summed E-state index contributed by atoms with van der Waals surface area (Å²) in [5.41, 5.74) is 4.25. The Hall–Kier alpha value is -4.93. The van der Waals surface area contributed by atoms with E-state index in [1.807, 2.05) is 20.8 Å². The van der Waals surface area contributed by atoms with Gasteiger partial charge in [0.2, 0.25) is 0 Å². The Balaban J connectivity index is 1.40. The first-order valence-corrected chi connectivity index (χ1v) is 17.3. The second kappa shape index (κ2) is 14.0. The first-order valence-electron chi connectivity index (χ1n) is 16.9. The van der Waals surface area contributed by atoms with Gasteiger partial charge < -0.3 is 10.5 Å². The smallest absolute Gasteiger partial charge is 0.321 e. The predicted molar refractivity (Wildman–Crippen MR) is 185 cm³/mol. The molecule has 0 radical (unpaired) electrons. The number of rotatable bonds is 13. The largest absolute Gasteiger partial charge is 0.463 e. The van der Waals surface area contributed by atoms with Gasteiger partial charge in [0.15, 0.2) is 17.3 Å². The van der Waals surface area contributed by atoms with Crippen LogP contribution in [0, 0.1) is 10.8 Å². The van der Waals surface area contributed by atoms with E-state index in [2.05, 4.69) is 15.2 Å². The Labute approximate surface area is 311 Å². The van der Waals surface area contributed by atoms with Gasteiger partial charge in [0, 0.05) is 22.7 Å². The molecule has 1 fully saturated rings. The van der Waals surface area contributed by atoms with Gasteiger partial charge in [-0.15, -0.1) is 10.2 Å². The molecule has 1 saturated carbocycles. The van der Waals surface area contributed by atoms with Gasteiger partial charge in [-0.2, -0.15) is 17.6 Å². The molecular weight excluding hydrogens is 742 g/mol. The molecule has 3 heterocycles. The van der Waals surface area contributed by atoms with Crippen LogP contribution in [0.25, 0.3) is 22.6 Å². The number of amides is 1. The highest BCUT2D eigenvalue weighted by molar-refractivity contribution is 6.33. The molecule has 4 aromatic rings. The minimum absolute atomic E-state index is 0.0128. The maximum absolute atomic E-state index is 14.9. The molecule has 2 N–H and O–H groups in total. The molecule has 0 bridgehead atoms. The molecule has 2 atom stereocenters. The number of benzene rings is 2.